The summed E-state index contributed by atoms with van der Waals surface area (Å²) < 4.78 is 0. The van der Waals surface area contributed by atoms with Crippen LogP contribution in [0.25, 0.3) is 0 Å². The summed E-state index contributed by atoms with van der Waals surface area (Å²) in [5.41, 5.74) is 3.03. The fraction of sp³-hybridized carbons (Fsp3) is 0.350. The molecule has 1 heterocycles. The number of nitrogens with zero attached hydrogens (tertiary/aromatic N) is 1. The Morgan fingerprint density at radius 3 is 2.54 bits per heavy atom. The molecule has 0 saturated carbocycles. The Balaban J connectivity index is 1.57. The van der Waals surface area contributed by atoms with E-state index in [0.717, 1.165) is 12.1 Å². The third kappa shape index (κ3) is 4.83. The van der Waals surface area contributed by atoms with Crippen LogP contribution < -0.4 is 5.32 Å². The largest absolute Gasteiger partial charge is 0.348 e. The van der Waals surface area contributed by atoms with Gasteiger partial charge >= 0.3 is 0 Å². The number of amides is 1. The van der Waals surface area contributed by atoms with Gasteiger partial charge < -0.3 is 5.32 Å². The standard InChI is InChI=1S/C20H23ClN2O/c21-19-9-5-8-18(13-19)20(24)22-14-16-6-4-7-17(12-16)15-23-10-2-1-3-11-23/h4-9,12-13H,1-3,10-11,14-15H2,(H,22,24). The molecule has 126 valence electrons. The van der Waals surface area contributed by atoms with Crippen molar-refractivity contribution in [2.24, 2.45) is 0 Å². The highest BCUT2D eigenvalue weighted by Crippen LogP contribution is 2.14. The average molecular weight is 343 g/mol. The molecule has 1 fully saturated rings. The maximum absolute atomic E-state index is 12.2. The molecule has 0 bridgehead atoms. The van der Waals surface area contributed by atoms with Crippen LogP contribution in [0.1, 0.15) is 40.7 Å². The third-order valence-electron chi connectivity index (χ3n) is 4.39. The molecule has 1 N–H and O–H groups in total. The van der Waals surface area contributed by atoms with E-state index in [2.05, 4.69) is 34.5 Å². The molecule has 1 aliphatic rings. The Morgan fingerprint density at radius 1 is 1.00 bits per heavy atom. The van der Waals surface area contributed by atoms with E-state index in [9.17, 15) is 4.79 Å². The lowest BCUT2D eigenvalue weighted by molar-refractivity contribution is 0.0951. The van der Waals surface area contributed by atoms with Crippen molar-refractivity contribution in [3.05, 3.63) is 70.2 Å². The predicted octanol–water partition coefficient (Wildman–Crippen LogP) is 4.26. The van der Waals surface area contributed by atoms with Gasteiger partial charge in [0.05, 0.1) is 0 Å². The first-order valence-corrected chi connectivity index (χ1v) is 8.92. The van der Waals surface area contributed by atoms with E-state index in [1.54, 1.807) is 24.3 Å². The first kappa shape index (κ1) is 17.0. The van der Waals surface area contributed by atoms with Crippen molar-refractivity contribution in [3.63, 3.8) is 0 Å². The highest BCUT2D eigenvalue weighted by Gasteiger charge is 2.11. The summed E-state index contributed by atoms with van der Waals surface area (Å²) in [6.07, 6.45) is 3.96. The molecule has 2 aromatic carbocycles. The molecule has 1 aliphatic heterocycles. The van der Waals surface area contributed by atoms with Crippen molar-refractivity contribution in [1.82, 2.24) is 10.2 Å². The van der Waals surface area contributed by atoms with Gasteiger partial charge in [-0.15, -0.1) is 0 Å². The lowest BCUT2D eigenvalue weighted by Crippen LogP contribution is -2.29. The van der Waals surface area contributed by atoms with Crippen molar-refractivity contribution in [3.8, 4) is 0 Å². The molecule has 24 heavy (non-hydrogen) atoms. The number of nitrogens with one attached hydrogen (secondary N) is 1. The summed E-state index contributed by atoms with van der Waals surface area (Å²) in [6, 6.07) is 15.5. The molecule has 0 aromatic heterocycles. The van der Waals surface area contributed by atoms with E-state index in [1.807, 2.05) is 0 Å². The van der Waals surface area contributed by atoms with Crippen LogP contribution in [0, 0.1) is 0 Å². The van der Waals surface area contributed by atoms with Crippen molar-refractivity contribution in [2.75, 3.05) is 13.1 Å². The normalized spacial score (nSPS) is 15.2. The van der Waals surface area contributed by atoms with Crippen LogP contribution in [-0.2, 0) is 13.1 Å². The summed E-state index contributed by atoms with van der Waals surface area (Å²) in [4.78, 5) is 14.7. The van der Waals surface area contributed by atoms with Crippen molar-refractivity contribution < 1.29 is 4.79 Å². The fourth-order valence-electron chi connectivity index (χ4n) is 3.13. The molecule has 1 saturated heterocycles. The van der Waals surface area contributed by atoms with Gasteiger partial charge in [0.15, 0.2) is 0 Å². The monoisotopic (exact) mass is 342 g/mol. The van der Waals surface area contributed by atoms with Gasteiger partial charge in [0, 0.05) is 23.7 Å². The zero-order valence-corrected chi connectivity index (χ0v) is 14.6. The Labute approximate surface area is 148 Å². The van der Waals surface area contributed by atoms with Crippen LogP contribution in [-0.4, -0.2) is 23.9 Å². The number of halogens is 1. The lowest BCUT2D eigenvalue weighted by Gasteiger charge is -2.26. The van der Waals surface area contributed by atoms with E-state index in [0.29, 0.717) is 17.1 Å². The Kier molecular flexibility index (Phi) is 5.89. The molecule has 4 heteroatoms. The van der Waals surface area contributed by atoms with Gasteiger partial charge in [-0.3, -0.25) is 9.69 Å². The molecule has 3 nitrogen and oxygen atoms in total. The predicted molar refractivity (Wildman–Crippen MR) is 98.2 cm³/mol. The van der Waals surface area contributed by atoms with Gasteiger partial charge in [-0.1, -0.05) is 48.4 Å². The number of hydrogen-bond acceptors (Lipinski definition) is 2. The van der Waals surface area contributed by atoms with E-state index in [1.165, 1.54) is 37.9 Å². The average Bonchev–Trinajstić information content (AvgIpc) is 2.61. The molecule has 0 unspecified atom stereocenters. The van der Waals surface area contributed by atoms with Gasteiger partial charge in [-0.2, -0.15) is 0 Å². The summed E-state index contributed by atoms with van der Waals surface area (Å²) in [7, 11) is 0. The Morgan fingerprint density at radius 2 is 1.75 bits per heavy atom. The lowest BCUT2D eigenvalue weighted by atomic mass is 10.1. The molecule has 0 radical (unpaired) electrons. The number of carbonyl (C=O) groups excluding carboxylic acids is 1. The van der Waals surface area contributed by atoms with E-state index in [-0.39, 0.29) is 5.91 Å². The first-order valence-electron chi connectivity index (χ1n) is 8.55. The van der Waals surface area contributed by atoms with Gasteiger partial charge in [-0.25, -0.2) is 0 Å². The number of piperidine rings is 1. The van der Waals surface area contributed by atoms with Gasteiger partial charge in [0.25, 0.3) is 5.91 Å². The number of benzene rings is 2. The molecular weight excluding hydrogens is 320 g/mol. The SMILES string of the molecule is O=C(NCc1cccc(CN2CCCCC2)c1)c1cccc(Cl)c1. The highest BCUT2D eigenvalue weighted by molar-refractivity contribution is 6.30. The zero-order valence-electron chi connectivity index (χ0n) is 13.8. The third-order valence-corrected chi connectivity index (χ3v) is 4.62. The minimum atomic E-state index is -0.0982. The maximum Gasteiger partial charge on any atom is 0.251 e. The number of hydrogen-bond donors (Lipinski definition) is 1. The number of likely N-dealkylation sites (tertiary alicyclic amines) is 1. The highest BCUT2D eigenvalue weighted by atomic mass is 35.5. The van der Waals surface area contributed by atoms with E-state index >= 15 is 0 Å². The molecule has 2 aromatic rings. The molecule has 0 spiro atoms. The van der Waals surface area contributed by atoms with Gasteiger partial charge in [-0.05, 0) is 55.3 Å². The number of carbonyl (C=O) groups is 1. The second-order valence-corrected chi connectivity index (χ2v) is 6.79. The van der Waals surface area contributed by atoms with Crippen molar-refractivity contribution in [2.45, 2.75) is 32.4 Å². The van der Waals surface area contributed by atoms with Crippen LogP contribution in [0.15, 0.2) is 48.5 Å². The number of rotatable bonds is 5. The van der Waals surface area contributed by atoms with Crippen LogP contribution in [0.5, 0.6) is 0 Å². The zero-order chi connectivity index (χ0) is 16.8. The van der Waals surface area contributed by atoms with Crippen LogP contribution in [0.4, 0.5) is 0 Å². The minimum absolute atomic E-state index is 0.0982. The van der Waals surface area contributed by atoms with Crippen LogP contribution >= 0.6 is 11.6 Å². The van der Waals surface area contributed by atoms with Crippen molar-refractivity contribution >= 4 is 17.5 Å². The summed E-state index contributed by atoms with van der Waals surface area (Å²) in [5, 5.41) is 3.54. The van der Waals surface area contributed by atoms with Crippen LogP contribution in [0.3, 0.4) is 0 Å². The molecule has 3 rings (SSSR count). The summed E-state index contributed by atoms with van der Waals surface area (Å²) in [6.45, 7) is 3.90. The Bertz CT molecular complexity index is 696. The van der Waals surface area contributed by atoms with Crippen molar-refractivity contribution in [1.29, 1.82) is 0 Å². The smallest absolute Gasteiger partial charge is 0.251 e. The van der Waals surface area contributed by atoms with E-state index in [4.69, 9.17) is 11.6 Å². The van der Waals surface area contributed by atoms with Gasteiger partial charge in [0.1, 0.15) is 0 Å². The maximum atomic E-state index is 12.2. The minimum Gasteiger partial charge on any atom is -0.348 e. The quantitative estimate of drug-likeness (QED) is 0.880. The van der Waals surface area contributed by atoms with Crippen LogP contribution in [0.2, 0.25) is 5.02 Å². The molecular formula is C20H23ClN2O. The molecule has 0 atom stereocenters. The molecule has 0 aliphatic carbocycles. The summed E-state index contributed by atoms with van der Waals surface area (Å²) in [5.74, 6) is -0.0982. The second-order valence-electron chi connectivity index (χ2n) is 6.35. The molecule has 1 amide bonds. The fourth-order valence-corrected chi connectivity index (χ4v) is 3.32. The van der Waals surface area contributed by atoms with E-state index < -0.39 is 0 Å². The van der Waals surface area contributed by atoms with Gasteiger partial charge in [0.2, 0.25) is 0 Å². The topological polar surface area (TPSA) is 32.3 Å². The second kappa shape index (κ2) is 8.32. The Hall–Kier alpha value is -1.84. The summed E-state index contributed by atoms with van der Waals surface area (Å²) >= 11 is 5.93. The first-order chi connectivity index (χ1) is 11.7.